The van der Waals surface area contributed by atoms with Gasteiger partial charge in [-0.3, -0.25) is 14.9 Å². The number of nitrogens with zero attached hydrogens (tertiary/aromatic N) is 3. The van der Waals surface area contributed by atoms with Crippen molar-refractivity contribution in [2.75, 3.05) is 38.3 Å². The molecule has 0 spiro atoms. The minimum atomic E-state index is -0.764. The number of benzene rings is 1. The Morgan fingerprint density at radius 3 is 2.50 bits per heavy atom. The van der Waals surface area contributed by atoms with Crippen LogP contribution >= 0.6 is 0 Å². The molecule has 1 saturated heterocycles. The summed E-state index contributed by atoms with van der Waals surface area (Å²) >= 11 is 0. The van der Waals surface area contributed by atoms with Crippen molar-refractivity contribution in [1.82, 2.24) is 4.57 Å². The molecule has 0 aliphatic carbocycles. The largest absolute Gasteiger partial charge is 0.454 e. The lowest BCUT2D eigenvalue weighted by Gasteiger charge is -2.28. The van der Waals surface area contributed by atoms with Gasteiger partial charge in [-0.2, -0.15) is 0 Å². The first-order valence-electron chi connectivity index (χ1n) is 10.7. The van der Waals surface area contributed by atoms with Crippen molar-refractivity contribution in [2.24, 2.45) is 0 Å². The Hall–Kier alpha value is -3.20. The SMILES string of the molecule is COCCn1c(C)cc(C(=O)COC(=O)c2ccc(N3CCCCC3)c([N+](=O)[O-])c2)c1C. The Morgan fingerprint density at radius 1 is 1.12 bits per heavy atom. The van der Waals surface area contributed by atoms with Crippen molar-refractivity contribution in [3.63, 3.8) is 0 Å². The van der Waals surface area contributed by atoms with Crippen molar-refractivity contribution in [3.05, 3.63) is 56.9 Å². The van der Waals surface area contributed by atoms with Crippen LogP contribution in [-0.4, -0.2) is 54.7 Å². The number of hydrogen-bond acceptors (Lipinski definition) is 7. The van der Waals surface area contributed by atoms with Gasteiger partial charge in [-0.25, -0.2) is 4.79 Å². The van der Waals surface area contributed by atoms with Crippen LogP contribution in [0.15, 0.2) is 24.3 Å². The second-order valence-corrected chi connectivity index (χ2v) is 7.94. The van der Waals surface area contributed by atoms with E-state index in [0.717, 1.165) is 43.7 Å². The topological polar surface area (TPSA) is 104 Å². The summed E-state index contributed by atoms with van der Waals surface area (Å²) in [4.78, 5) is 38.2. The van der Waals surface area contributed by atoms with Crippen molar-refractivity contribution >= 4 is 23.1 Å². The molecule has 0 atom stereocenters. The predicted molar refractivity (Wildman–Crippen MR) is 120 cm³/mol. The van der Waals surface area contributed by atoms with Crippen molar-refractivity contribution in [2.45, 2.75) is 39.7 Å². The van der Waals surface area contributed by atoms with Crippen LogP contribution in [0.3, 0.4) is 0 Å². The lowest BCUT2D eigenvalue weighted by atomic mass is 10.1. The first kappa shape index (κ1) is 23.5. The summed E-state index contributed by atoms with van der Waals surface area (Å²) in [5.74, 6) is -1.09. The molecule has 0 N–H and O–H groups in total. The molecule has 1 aromatic heterocycles. The van der Waals surface area contributed by atoms with Gasteiger partial charge < -0.3 is 18.9 Å². The van der Waals surface area contributed by atoms with E-state index in [2.05, 4.69) is 0 Å². The van der Waals surface area contributed by atoms with Crippen molar-refractivity contribution < 1.29 is 24.0 Å². The van der Waals surface area contributed by atoms with Gasteiger partial charge in [0.1, 0.15) is 5.69 Å². The molecule has 32 heavy (non-hydrogen) atoms. The Kier molecular flexibility index (Phi) is 7.63. The van der Waals surface area contributed by atoms with E-state index in [9.17, 15) is 19.7 Å². The molecular weight excluding hydrogens is 414 g/mol. The van der Waals surface area contributed by atoms with E-state index in [0.29, 0.717) is 24.4 Å². The maximum absolute atomic E-state index is 12.6. The molecule has 1 fully saturated rings. The van der Waals surface area contributed by atoms with E-state index in [1.165, 1.54) is 12.1 Å². The van der Waals surface area contributed by atoms with Gasteiger partial charge in [-0.15, -0.1) is 0 Å². The fourth-order valence-electron chi connectivity index (χ4n) is 4.10. The molecule has 1 aromatic carbocycles. The highest BCUT2D eigenvalue weighted by molar-refractivity contribution is 6.00. The predicted octanol–water partition coefficient (Wildman–Crippen LogP) is 3.69. The average molecular weight is 444 g/mol. The van der Waals surface area contributed by atoms with E-state index in [-0.39, 0.29) is 17.0 Å². The third-order valence-electron chi connectivity index (χ3n) is 5.83. The number of hydrogen-bond donors (Lipinski definition) is 0. The van der Waals surface area contributed by atoms with E-state index in [1.807, 2.05) is 23.3 Å². The molecule has 1 aliphatic rings. The highest BCUT2D eigenvalue weighted by Gasteiger charge is 2.24. The molecule has 9 heteroatoms. The molecular formula is C23H29N3O6. The zero-order valence-corrected chi connectivity index (χ0v) is 18.8. The van der Waals surface area contributed by atoms with Crippen LogP contribution in [0.4, 0.5) is 11.4 Å². The second-order valence-electron chi connectivity index (χ2n) is 7.94. The second kappa shape index (κ2) is 10.4. The number of nitro benzene ring substituents is 1. The molecule has 0 unspecified atom stereocenters. The maximum Gasteiger partial charge on any atom is 0.338 e. The fraction of sp³-hybridized carbons (Fsp3) is 0.478. The van der Waals surface area contributed by atoms with Crippen LogP contribution in [0, 0.1) is 24.0 Å². The summed E-state index contributed by atoms with van der Waals surface area (Å²) < 4.78 is 12.3. The number of anilines is 1. The number of nitro groups is 1. The quantitative estimate of drug-likeness (QED) is 0.252. The summed E-state index contributed by atoms with van der Waals surface area (Å²) in [7, 11) is 1.61. The molecule has 0 radical (unpaired) electrons. The van der Waals surface area contributed by atoms with Gasteiger partial charge in [0.2, 0.25) is 5.78 Å². The Labute approximate surface area is 187 Å². The normalized spacial score (nSPS) is 13.8. The zero-order valence-electron chi connectivity index (χ0n) is 18.8. The summed E-state index contributed by atoms with van der Waals surface area (Å²) in [6.07, 6.45) is 3.07. The number of Topliss-reactive ketones (excluding diaryl/α,β-unsaturated/α-hetero) is 1. The minimum absolute atomic E-state index is 0.0517. The van der Waals surface area contributed by atoms with Gasteiger partial charge in [-0.1, -0.05) is 0 Å². The molecule has 2 heterocycles. The van der Waals surface area contributed by atoms with Crippen LogP contribution in [0.5, 0.6) is 0 Å². The summed E-state index contributed by atoms with van der Waals surface area (Å²) in [5.41, 5.74) is 2.61. The van der Waals surface area contributed by atoms with E-state index in [4.69, 9.17) is 9.47 Å². The Bertz CT molecular complexity index is 1010. The number of ketones is 1. The van der Waals surface area contributed by atoms with Gasteiger partial charge in [0, 0.05) is 49.8 Å². The Balaban J connectivity index is 1.70. The Morgan fingerprint density at radius 2 is 1.84 bits per heavy atom. The van der Waals surface area contributed by atoms with Gasteiger partial charge in [0.25, 0.3) is 5.69 Å². The standard InChI is InChI=1S/C23H29N3O6/c1-16-13-19(17(2)25(16)11-12-31-3)22(27)15-32-23(28)18-7-8-20(21(14-18)26(29)30)24-9-5-4-6-10-24/h7-8,13-14H,4-6,9-12,15H2,1-3H3. The number of aromatic nitrogens is 1. The molecule has 9 nitrogen and oxygen atoms in total. The number of rotatable bonds is 9. The summed E-state index contributed by atoms with van der Waals surface area (Å²) in [5, 5.41) is 11.6. The van der Waals surface area contributed by atoms with Crippen LogP contribution in [0.1, 0.15) is 51.4 Å². The number of methoxy groups -OCH3 is 1. The molecule has 0 bridgehead atoms. The fourth-order valence-corrected chi connectivity index (χ4v) is 4.10. The molecule has 172 valence electrons. The number of aryl methyl sites for hydroxylation is 1. The van der Waals surface area contributed by atoms with Gasteiger partial charge in [0.05, 0.1) is 17.1 Å². The summed E-state index contributed by atoms with van der Waals surface area (Å²) in [6, 6.07) is 6.10. The number of carbonyl (C=O) groups is 2. The smallest absolute Gasteiger partial charge is 0.338 e. The van der Waals surface area contributed by atoms with Crippen molar-refractivity contribution in [1.29, 1.82) is 0 Å². The highest BCUT2D eigenvalue weighted by Crippen LogP contribution is 2.31. The van der Waals surface area contributed by atoms with Crippen LogP contribution in [-0.2, 0) is 16.0 Å². The molecule has 1 aliphatic heterocycles. The van der Waals surface area contributed by atoms with Crippen molar-refractivity contribution in [3.8, 4) is 0 Å². The van der Waals surface area contributed by atoms with Gasteiger partial charge >= 0.3 is 5.97 Å². The molecule has 2 aromatic rings. The number of carbonyl (C=O) groups excluding carboxylic acids is 2. The molecule has 0 amide bonds. The molecule has 0 saturated carbocycles. The average Bonchev–Trinajstić information content (AvgIpc) is 3.09. The lowest BCUT2D eigenvalue weighted by Crippen LogP contribution is -2.30. The molecule has 3 rings (SSSR count). The van der Waals surface area contributed by atoms with E-state index >= 15 is 0 Å². The number of ether oxygens (including phenoxy) is 2. The van der Waals surface area contributed by atoms with Crippen LogP contribution < -0.4 is 4.90 Å². The highest BCUT2D eigenvalue weighted by atomic mass is 16.6. The third kappa shape index (κ3) is 5.16. The van der Waals surface area contributed by atoms with Gasteiger partial charge in [0.15, 0.2) is 6.61 Å². The zero-order chi connectivity index (χ0) is 23.3. The van der Waals surface area contributed by atoms with E-state index in [1.54, 1.807) is 19.2 Å². The minimum Gasteiger partial charge on any atom is -0.454 e. The monoisotopic (exact) mass is 443 g/mol. The van der Waals surface area contributed by atoms with Crippen LogP contribution in [0.2, 0.25) is 0 Å². The first-order chi connectivity index (χ1) is 15.3. The van der Waals surface area contributed by atoms with E-state index < -0.39 is 17.5 Å². The first-order valence-corrected chi connectivity index (χ1v) is 10.7. The van der Waals surface area contributed by atoms with Crippen LogP contribution in [0.25, 0.3) is 0 Å². The summed E-state index contributed by atoms with van der Waals surface area (Å²) in [6.45, 7) is 5.94. The van der Waals surface area contributed by atoms with Gasteiger partial charge in [-0.05, 0) is 51.3 Å². The number of piperidine rings is 1. The maximum atomic E-state index is 12.6. The third-order valence-corrected chi connectivity index (χ3v) is 5.83. The lowest BCUT2D eigenvalue weighted by molar-refractivity contribution is -0.384. The number of esters is 1.